The molecular formula is C15H21NO4S. The standard InChI is InChI=1S/C15H21NO4S/c1-3-11-16(12-4-2)21(19,20)14-8-5-13(6-9-14)7-10-15(17)18/h5-10H,3-4,11-12H2,1-2H3,(H,17,18)/b10-7+. The molecule has 0 aromatic heterocycles. The topological polar surface area (TPSA) is 74.7 Å². The minimum Gasteiger partial charge on any atom is -0.478 e. The SMILES string of the molecule is CCCN(CCC)S(=O)(=O)c1ccc(/C=C/C(=O)O)cc1. The van der Waals surface area contributed by atoms with Crippen molar-refractivity contribution in [2.24, 2.45) is 0 Å². The number of carboxylic acids is 1. The van der Waals surface area contributed by atoms with Gasteiger partial charge in [0.25, 0.3) is 0 Å². The molecule has 1 N–H and O–H groups in total. The van der Waals surface area contributed by atoms with E-state index in [2.05, 4.69) is 0 Å². The first-order valence-electron chi connectivity index (χ1n) is 6.93. The number of sulfonamides is 1. The monoisotopic (exact) mass is 311 g/mol. The Bertz CT molecular complexity index is 585. The van der Waals surface area contributed by atoms with Gasteiger partial charge in [0.05, 0.1) is 4.90 Å². The molecule has 0 radical (unpaired) electrons. The summed E-state index contributed by atoms with van der Waals surface area (Å²) in [5.41, 5.74) is 0.647. The molecule has 1 rings (SSSR count). The maximum absolute atomic E-state index is 12.5. The average molecular weight is 311 g/mol. The van der Waals surface area contributed by atoms with Crippen molar-refractivity contribution in [3.8, 4) is 0 Å². The van der Waals surface area contributed by atoms with E-state index in [9.17, 15) is 13.2 Å². The molecule has 0 unspecified atom stereocenters. The highest BCUT2D eigenvalue weighted by atomic mass is 32.2. The van der Waals surface area contributed by atoms with Crippen molar-refractivity contribution in [2.75, 3.05) is 13.1 Å². The van der Waals surface area contributed by atoms with E-state index in [-0.39, 0.29) is 4.90 Å². The van der Waals surface area contributed by atoms with Crippen LogP contribution in [0.4, 0.5) is 0 Å². The van der Waals surface area contributed by atoms with Gasteiger partial charge in [0.15, 0.2) is 0 Å². The normalized spacial score (nSPS) is 12.1. The zero-order valence-corrected chi connectivity index (χ0v) is 13.1. The predicted octanol–water partition coefficient (Wildman–Crippen LogP) is 2.60. The molecule has 1 aromatic rings. The summed E-state index contributed by atoms with van der Waals surface area (Å²) in [7, 11) is -3.48. The number of hydrogen-bond acceptors (Lipinski definition) is 3. The van der Waals surface area contributed by atoms with Crippen LogP contribution in [0.3, 0.4) is 0 Å². The summed E-state index contributed by atoms with van der Waals surface area (Å²) in [6, 6.07) is 6.22. The quantitative estimate of drug-likeness (QED) is 0.749. The van der Waals surface area contributed by atoms with Gasteiger partial charge >= 0.3 is 5.97 Å². The Kier molecular flexibility index (Phi) is 6.58. The van der Waals surface area contributed by atoms with E-state index >= 15 is 0 Å². The van der Waals surface area contributed by atoms with Crippen LogP contribution in [0.15, 0.2) is 35.2 Å². The highest BCUT2D eigenvalue weighted by molar-refractivity contribution is 7.89. The van der Waals surface area contributed by atoms with Gasteiger partial charge in [0.1, 0.15) is 0 Å². The molecule has 0 bridgehead atoms. The number of rotatable bonds is 8. The molecule has 0 saturated carbocycles. The smallest absolute Gasteiger partial charge is 0.328 e. The highest BCUT2D eigenvalue weighted by Gasteiger charge is 2.22. The average Bonchev–Trinajstić information content (AvgIpc) is 2.45. The van der Waals surface area contributed by atoms with E-state index in [1.165, 1.54) is 22.5 Å². The molecule has 1 aromatic carbocycles. The number of carboxylic acid groups (broad SMARTS) is 1. The third-order valence-electron chi connectivity index (χ3n) is 2.88. The maximum Gasteiger partial charge on any atom is 0.328 e. The van der Waals surface area contributed by atoms with Crippen LogP contribution in [0.5, 0.6) is 0 Å². The lowest BCUT2D eigenvalue weighted by Crippen LogP contribution is -2.32. The summed E-state index contributed by atoms with van der Waals surface area (Å²) < 4.78 is 26.5. The number of nitrogens with zero attached hydrogens (tertiary/aromatic N) is 1. The van der Waals surface area contributed by atoms with Crippen molar-refractivity contribution < 1.29 is 18.3 Å². The molecule has 0 spiro atoms. The van der Waals surface area contributed by atoms with Gasteiger partial charge in [0.2, 0.25) is 10.0 Å². The van der Waals surface area contributed by atoms with Crippen LogP contribution < -0.4 is 0 Å². The summed E-state index contributed by atoms with van der Waals surface area (Å²) in [5.74, 6) is -1.04. The molecule has 5 nitrogen and oxygen atoms in total. The first-order valence-corrected chi connectivity index (χ1v) is 8.37. The van der Waals surface area contributed by atoms with Crippen LogP contribution in [0.1, 0.15) is 32.3 Å². The molecule has 0 aliphatic carbocycles. The van der Waals surface area contributed by atoms with Gasteiger partial charge < -0.3 is 5.11 Å². The summed E-state index contributed by atoms with van der Waals surface area (Å²) in [4.78, 5) is 10.7. The number of carbonyl (C=O) groups is 1. The second-order valence-corrected chi connectivity index (χ2v) is 6.58. The molecular weight excluding hydrogens is 290 g/mol. The Balaban J connectivity index is 3.00. The zero-order chi connectivity index (χ0) is 15.9. The van der Waals surface area contributed by atoms with Gasteiger partial charge in [-0.2, -0.15) is 4.31 Å². The lowest BCUT2D eigenvalue weighted by Gasteiger charge is -2.21. The lowest BCUT2D eigenvalue weighted by atomic mass is 10.2. The molecule has 0 saturated heterocycles. The highest BCUT2D eigenvalue weighted by Crippen LogP contribution is 2.17. The van der Waals surface area contributed by atoms with Crippen LogP contribution in [0.2, 0.25) is 0 Å². The Morgan fingerprint density at radius 1 is 1.14 bits per heavy atom. The summed E-state index contributed by atoms with van der Waals surface area (Å²) >= 11 is 0. The molecule has 0 heterocycles. The van der Waals surface area contributed by atoms with Crippen molar-refractivity contribution in [1.82, 2.24) is 4.31 Å². The minimum absolute atomic E-state index is 0.233. The first-order chi connectivity index (χ1) is 9.91. The summed E-state index contributed by atoms with van der Waals surface area (Å²) in [5, 5.41) is 8.56. The van der Waals surface area contributed by atoms with Gasteiger partial charge in [-0.3, -0.25) is 0 Å². The third-order valence-corrected chi connectivity index (χ3v) is 4.80. The van der Waals surface area contributed by atoms with Crippen molar-refractivity contribution in [3.05, 3.63) is 35.9 Å². The fourth-order valence-electron chi connectivity index (χ4n) is 1.92. The Morgan fingerprint density at radius 3 is 2.10 bits per heavy atom. The van der Waals surface area contributed by atoms with Crippen molar-refractivity contribution in [1.29, 1.82) is 0 Å². The first kappa shape index (κ1) is 17.4. The van der Waals surface area contributed by atoms with Crippen molar-refractivity contribution in [3.63, 3.8) is 0 Å². The molecule has 6 heteroatoms. The summed E-state index contributed by atoms with van der Waals surface area (Å²) in [6.07, 6.45) is 3.97. The van der Waals surface area contributed by atoms with E-state index in [0.29, 0.717) is 18.7 Å². The molecule has 116 valence electrons. The molecule has 21 heavy (non-hydrogen) atoms. The Hall–Kier alpha value is -1.66. The molecule has 0 fully saturated rings. The fraction of sp³-hybridized carbons (Fsp3) is 0.400. The number of aliphatic carboxylic acids is 1. The number of hydrogen-bond donors (Lipinski definition) is 1. The van der Waals surface area contributed by atoms with Crippen LogP contribution in [0.25, 0.3) is 6.08 Å². The lowest BCUT2D eigenvalue weighted by molar-refractivity contribution is -0.131. The third kappa shape index (κ3) is 4.99. The molecule has 0 atom stereocenters. The largest absolute Gasteiger partial charge is 0.478 e. The minimum atomic E-state index is -3.48. The van der Waals surface area contributed by atoms with Crippen molar-refractivity contribution in [2.45, 2.75) is 31.6 Å². The fourth-order valence-corrected chi connectivity index (χ4v) is 3.54. The Labute approximate surface area is 126 Å². The van der Waals surface area contributed by atoms with E-state index in [1.807, 2.05) is 13.8 Å². The maximum atomic E-state index is 12.5. The second kappa shape index (κ2) is 7.95. The van der Waals surface area contributed by atoms with Gasteiger partial charge in [-0.25, -0.2) is 13.2 Å². The van der Waals surface area contributed by atoms with Gasteiger partial charge in [-0.15, -0.1) is 0 Å². The second-order valence-electron chi connectivity index (χ2n) is 4.64. The Morgan fingerprint density at radius 2 is 1.67 bits per heavy atom. The van der Waals surface area contributed by atoms with Gasteiger partial charge in [0, 0.05) is 19.2 Å². The predicted molar refractivity (Wildman–Crippen MR) is 82.5 cm³/mol. The zero-order valence-electron chi connectivity index (χ0n) is 12.3. The molecule has 0 amide bonds. The van der Waals surface area contributed by atoms with E-state index in [0.717, 1.165) is 18.9 Å². The van der Waals surface area contributed by atoms with Crippen LogP contribution in [-0.4, -0.2) is 36.9 Å². The van der Waals surface area contributed by atoms with E-state index in [4.69, 9.17) is 5.11 Å². The van der Waals surface area contributed by atoms with Crippen LogP contribution >= 0.6 is 0 Å². The van der Waals surface area contributed by atoms with E-state index < -0.39 is 16.0 Å². The van der Waals surface area contributed by atoms with E-state index in [1.54, 1.807) is 12.1 Å². The van der Waals surface area contributed by atoms with Crippen molar-refractivity contribution >= 4 is 22.1 Å². The van der Waals surface area contributed by atoms with Crippen LogP contribution in [-0.2, 0) is 14.8 Å². The van der Waals surface area contributed by atoms with Crippen LogP contribution in [0, 0.1) is 0 Å². The van der Waals surface area contributed by atoms with Gasteiger partial charge in [-0.1, -0.05) is 26.0 Å². The molecule has 0 aliphatic heterocycles. The molecule has 0 aliphatic rings. The number of benzene rings is 1. The van der Waals surface area contributed by atoms with Gasteiger partial charge in [-0.05, 0) is 36.6 Å². The summed E-state index contributed by atoms with van der Waals surface area (Å²) in [6.45, 7) is 4.88.